The normalized spacial score (nSPS) is 20.3. The molecule has 3 nitrogen and oxygen atoms in total. The molecule has 2 rings (SSSR count). The molecule has 116 valence electrons. The first-order valence-electron chi connectivity index (χ1n) is 7.83. The van der Waals surface area contributed by atoms with Gasteiger partial charge in [0.15, 0.2) is 0 Å². The van der Waals surface area contributed by atoms with Gasteiger partial charge in [-0.3, -0.25) is 4.79 Å². The Morgan fingerprint density at radius 3 is 2.71 bits per heavy atom. The number of unbranched alkanes of at least 4 members (excludes halogenated alkanes) is 1. The molecule has 21 heavy (non-hydrogen) atoms. The fourth-order valence-electron chi connectivity index (χ4n) is 2.43. The zero-order valence-electron chi connectivity index (χ0n) is 12.6. The first kappa shape index (κ1) is 16.0. The molecule has 2 atom stereocenters. The SMILES string of the molecule is CCCCOCCCNC(=O)C1CC1c1ccc(F)cc1. The molecule has 2 unspecified atom stereocenters. The Morgan fingerprint density at radius 1 is 1.29 bits per heavy atom. The van der Waals surface area contributed by atoms with Crippen LogP contribution in [0.15, 0.2) is 24.3 Å². The van der Waals surface area contributed by atoms with Crippen molar-refractivity contribution in [3.05, 3.63) is 35.6 Å². The van der Waals surface area contributed by atoms with Crippen LogP contribution in [0.1, 0.15) is 44.1 Å². The zero-order chi connectivity index (χ0) is 15.1. The minimum Gasteiger partial charge on any atom is -0.381 e. The van der Waals surface area contributed by atoms with Gasteiger partial charge in [-0.2, -0.15) is 0 Å². The summed E-state index contributed by atoms with van der Waals surface area (Å²) < 4.78 is 18.3. The van der Waals surface area contributed by atoms with E-state index in [1.165, 1.54) is 12.1 Å². The third-order valence-corrected chi connectivity index (χ3v) is 3.83. The molecular formula is C17H24FNO2. The highest BCUT2D eigenvalue weighted by molar-refractivity contribution is 5.82. The van der Waals surface area contributed by atoms with Gasteiger partial charge >= 0.3 is 0 Å². The molecule has 0 aliphatic heterocycles. The van der Waals surface area contributed by atoms with Crippen LogP contribution in [0, 0.1) is 11.7 Å². The smallest absolute Gasteiger partial charge is 0.223 e. The number of amides is 1. The van der Waals surface area contributed by atoms with Gasteiger partial charge in [-0.15, -0.1) is 0 Å². The number of carbonyl (C=O) groups excluding carboxylic acids is 1. The Hall–Kier alpha value is -1.42. The summed E-state index contributed by atoms with van der Waals surface area (Å²) in [7, 11) is 0. The van der Waals surface area contributed by atoms with Gasteiger partial charge in [0.25, 0.3) is 0 Å². The van der Waals surface area contributed by atoms with Crippen LogP contribution in [-0.2, 0) is 9.53 Å². The number of ether oxygens (including phenoxy) is 1. The largest absolute Gasteiger partial charge is 0.381 e. The van der Waals surface area contributed by atoms with Gasteiger partial charge in [0.1, 0.15) is 5.82 Å². The predicted octanol–water partition coefficient (Wildman–Crippen LogP) is 3.25. The number of rotatable bonds is 9. The topological polar surface area (TPSA) is 38.3 Å². The highest BCUT2D eigenvalue weighted by Gasteiger charge is 2.43. The van der Waals surface area contributed by atoms with Crippen molar-refractivity contribution < 1.29 is 13.9 Å². The molecule has 0 aromatic heterocycles. The van der Waals surface area contributed by atoms with E-state index in [9.17, 15) is 9.18 Å². The van der Waals surface area contributed by atoms with Gasteiger partial charge in [0, 0.05) is 25.7 Å². The predicted molar refractivity (Wildman–Crippen MR) is 80.6 cm³/mol. The zero-order valence-corrected chi connectivity index (χ0v) is 12.6. The van der Waals surface area contributed by atoms with E-state index in [0.717, 1.165) is 37.9 Å². The third kappa shape index (κ3) is 5.12. The minimum atomic E-state index is -0.233. The molecule has 1 aliphatic rings. The summed E-state index contributed by atoms with van der Waals surface area (Å²) in [6.45, 7) is 4.31. The third-order valence-electron chi connectivity index (χ3n) is 3.83. The molecule has 0 radical (unpaired) electrons. The Labute approximate surface area is 125 Å². The summed E-state index contributed by atoms with van der Waals surface area (Å²) in [6, 6.07) is 6.45. The number of nitrogens with one attached hydrogen (secondary N) is 1. The number of halogens is 1. The Kier molecular flexibility index (Phi) is 6.18. The first-order chi connectivity index (χ1) is 10.2. The molecule has 1 N–H and O–H groups in total. The monoisotopic (exact) mass is 293 g/mol. The second-order valence-electron chi connectivity index (χ2n) is 5.61. The van der Waals surface area contributed by atoms with E-state index in [4.69, 9.17) is 4.74 Å². The fraction of sp³-hybridized carbons (Fsp3) is 0.588. The molecule has 1 fully saturated rings. The number of hydrogen-bond donors (Lipinski definition) is 1. The molecule has 1 aromatic rings. The van der Waals surface area contributed by atoms with Crippen molar-refractivity contribution >= 4 is 5.91 Å². The molecule has 1 aliphatic carbocycles. The van der Waals surface area contributed by atoms with E-state index in [-0.39, 0.29) is 23.6 Å². The fourth-order valence-corrected chi connectivity index (χ4v) is 2.43. The van der Waals surface area contributed by atoms with E-state index < -0.39 is 0 Å². The number of hydrogen-bond acceptors (Lipinski definition) is 2. The van der Waals surface area contributed by atoms with Gasteiger partial charge in [-0.05, 0) is 42.9 Å². The molecule has 0 bridgehead atoms. The van der Waals surface area contributed by atoms with Crippen LogP contribution in [0.5, 0.6) is 0 Å². The van der Waals surface area contributed by atoms with Crippen LogP contribution >= 0.6 is 0 Å². The van der Waals surface area contributed by atoms with E-state index in [1.807, 2.05) is 0 Å². The summed E-state index contributed by atoms with van der Waals surface area (Å²) in [5.41, 5.74) is 1.06. The van der Waals surface area contributed by atoms with Crippen molar-refractivity contribution in [2.24, 2.45) is 5.92 Å². The van der Waals surface area contributed by atoms with Crippen molar-refractivity contribution in [1.82, 2.24) is 5.32 Å². The van der Waals surface area contributed by atoms with Gasteiger partial charge in [0.2, 0.25) is 5.91 Å². The highest BCUT2D eigenvalue weighted by atomic mass is 19.1. The van der Waals surface area contributed by atoms with Crippen molar-refractivity contribution in [1.29, 1.82) is 0 Å². The second-order valence-corrected chi connectivity index (χ2v) is 5.61. The van der Waals surface area contributed by atoms with E-state index in [0.29, 0.717) is 13.2 Å². The average Bonchev–Trinajstić information content (AvgIpc) is 3.27. The summed E-state index contributed by atoms with van der Waals surface area (Å²) in [5, 5.41) is 2.95. The van der Waals surface area contributed by atoms with E-state index in [2.05, 4.69) is 12.2 Å². The lowest BCUT2D eigenvalue weighted by molar-refractivity contribution is -0.122. The molecule has 0 heterocycles. The maximum atomic E-state index is 12.9. The molecule has 0 spiro atoms. The standard InChI is InChI=1S/C17H24FNO2/c1-2-3-10-21-11-4-9-19-17(20)16-12-15(16)13-5-7-14(18)8-6-13/h5-8,15-16H,2-4,9-12H2,1H3,(H,19,20). The quantitative estimate of drug-likeness (QED) is 0.710. The Balaban J connectivity index is 1.59. The van der Waals surface area contributed by atoms with Gasteiger partial charge in [-0.1, -0.05) is 25.5 Å². The van der Waals surface area contributed by atoms with Crippen molar-refractivity contribution in [2.45, 2.75) is 38.5 Å². The van der Waals surface area contributed by atoms with Gasteiger partial charge in [-0.25, -0.2) is 4.39 Å². The van der Waals surface area contributed by atoms with Crippen molar-refractivity contribution in [2.75, 3.05) is 19.8 Å². The van der Waals surface area contributed by atoms with Crippen LogP contribution in [0.2, 0.25) is 0 Å². The molecular weight excluding hydrogens is 269 g/mol. The molecule has 1 amide bonds. The number of carbonyl (C=O) groups is 1. The molecule has 4 heteroatoms. The van der Waals surface area contributed by atoms with Crippen molar-refractivity contribution in [3.8, 4) is 0 Å². The molecule has 0 saturated heterocycles. The lowest BCUT2D eigenvalue weighted by Gasteiger charge is -2.06. The van der Waals surface area contributed by atoms with Crippen molar-refractivity contribution in [3.63, 3.8) is 0 Å². The average molecular weight is 293 g/mol. The second kappa shape index (κ2) is 8.13. The van der Waals surface area contributed by atoms with Crippen LogP contribution < -0.4 is 5.32 Å². The van der Waals surface area contributed by atoms with Gasteiger partial charge < -0.3 is 10.1 Å². The summed E-state index contributed by atoms with van der Waals surface area (Å²) in [6.07, 6.45) is 3.95. The lowest BCUT2D eigenvalue weighted by atomic mass is 10.1. The highest BCUT2D eigenvalue weighted by Crippen LogP contribution is 2.47. The number of benzene rings is 1. The molecule has 1 saturated carbocycles. The Morgan fingerprint density at radius 2 is 2.00 bits per heavy atom. The maximum absolute atomic E-state index is 12.9. The van der Waals surface area contributed by atoms with Crippen LogP contribution in [0.25, 0.3) is 0 Å². The Bertz CT molecular complexity index is 447. The first-order valence-corrected chi connectivity index (χ1v) is 7.83. The summed E-state index contributed by atoms with van der Waals surface area (Å²) >= 11 is 0. The van der Waals surface area contributed by atoms with E-state index >= 15 is 0 Å². The van der Waals surface area contributed by atoms with E-state index in [1.54, 1.807) is 12.1 Å². The maximum Gasteiger partial charge on any atom is 0.223 e. The van der Waals surface area contributed by atoms with Crippen LogP contribution in [-0.4, -0.2) is 25.7 Å². The summed E-state index contributed by atoms with van der Waals surface area (Å²) in [5.74, 6) is 0.184. The van der Waals surface area contributed by atoms with Gasteiger partial charge in [0.05, 0.1) is 0 Å². The minimum absolute atomic E-state index is 0.0523. The molecule has 1 aromatic carbocycles. The lowest BCUT2D eigenvalue weighted by Crippen LogP contribution is -2.27. The van der Waals surface area contributed by atoms with Crippen LogP contribution in [0.4, 0.5) is 4.39 Å². The van der Waals surface area contributed by atoms with Crippen LogP contribution in [0.3, 0.4) is 0 Å². The summed E-state index contributed by atoms with van der Waals surface area (Å²) in [4.78, 5) is 12.0.